The Labute approximate surface area is 206 Å². The molecule has 0 amide bonds. The largest absolute Gasteiger partial charge is 0.416 e. The van der Waals surface area contributed by atoms with Crippen LogP contribution in [0.25, 0.3) is 11.3 Å². The van der Waals surface area contributed by atoms with E-state index in [1.165, 1.54) is 6.07 Å². The zero-order valence-corrected chi connectivity index (χ0v) is 19.8. The summed E-state index contributed by atoms with van der Waals surface area (Å²) in [5.74, 6) is 1.14. The fourth-order valence-electron chi connectivity index (χ4n) is 4.30. The number of nitrogens with one attached hydrogen (secondary N) is 4. The summed E-state index contributed by atoms with van der Waals surface area (Å²) < 4.78 is 39.7. The Kier molecular flexibility index (Phi) is 6.28. The Balaban J connectivity index is 1.41. The van der Waals surface area contributed by atoms with Gasteiger partial charge in [-0.1, -0.05) is 18.3 Å². The predicted octanol–water partition coefficient (Wildman–Crippen LogP) is 5.07. The van der Waals surface area contributed by atoms with Crippen molar-refractivity contribution in [1.29, 1.82) is 0 Å². The van der Waals surface area contributed by atoms with Crippen molar-refractivity contribution in [1.82, 2.24) is 20.3 Å². The lowest BCUT2D eigenvalue weighted by Crippen LogP contribution is -2.35. The van der Waals surface area contributed by atoms with Gasteiger partial charge in [0.2, 0.25) is 5.95 Å². The van der Waals surface area contributed by atoms with Crippen molar-refractivity contribution in [2.75, 3.05) is 29.0 Å². The number of hydrogen-bond acceptors (Lipinski definition) is 7. The Bertz CT molecular complexity index is 1270. The first-order valence-corrected chi connectivity index (χ1v) is 11.8. The molecule has 0 radical (unpaired) electrons. The number of halogens is 3. The molecular formula is C24H24F3N7S. The molecule has 0 atom stereocenters. The molecule has 1 fully saturated rings. The van der Waals surface area contributed by atoms with Crippen LogP contribution in [0, 0.1) is 6.92 Å². The molecule has 0 unspecified atom stereocenters. The number of rotatable bonds is 4. The molecule has 0 bridgehead atoms. The van der Waals surface area contributed by atoms with Gasteiger partial charge in [-0.25, -0.2) is 15.0 Å². The monoisotopic (exact) mass is 499 g/mol. The zero-order chi connectivity index (χ0) is 24.6. The maximum absolute atomic E-state index is 13.2. The first-order valence-electron chi connectivity index (χ1n) is 11.4. The second kappa shape index (κ2) is 9.38. The number of piperidine rings is 1. The molecule has 4 heterocycles. The van der Waals surface area contributed by atoms with Gasteiger partial charge in [0.05, 0.1) is 27.6 Å². The summed E-state index contributed by atoms with van der Waals surface area (Å²) in [6.45, 7) is 3.88. The minimum Gasteiger partial charge on any atom is -0.367 e. The van der Waals surface area contributed by atoms with E-state index in [1.807, 2.05) is 19.1 Å². The zero-order valence-electron chi connectivity index (χ0n) is 19.0. The lowest BCUT2D eigenvalue weighted by atomic mass is 10.0. The van der Waals surface area contributed by atoms with Gasteiger partial charge in [0.15, 0.2) is 0 Å². The number of fused-ring (bicyclic) bond motifs is 3. The molecule has 11 heteroatoms. The lowest BCUT2D eigenvalue weighted by Gasteiger charge is -2.24. The highest BCUT2D eigenvalue weighted by molar-refractivity contribution is 7.80. The fourth-order valence-corrected chi connectivity index (χ4v) is 4.56. The van der Waals surface area contributed by atoms with Crippen molar-refractivity contribution in [2.24, 2.45) is 0 Å². The molecule has 7 nitrogen and oxygen atoms in total. The molecule has 0 saturated carbocycles. The van der Waals surface area contributed by atoms with E-state index in [0.717, 1.165) is 60.8 Å². The Morgan fingerprint density at radius 3 is 2.63 bits per heavy atom. The summed E-state index contributed by atoms with van der Waals surface area (Å²) >= 11 is 5.33. The minimum atomic E-state index is -4.45. The quantitative estimate of drug-likeness (QED) is 0.370. The standard InChI is InChI=1S/C24H24F3N7S/c1-13-18(4-5-20(30-13)31-16-6-8-28-9-7-16)33-23-29-12-14-10-21(35)32-19-11-15(24(25,26)27)2-3-17(19)22(14)34-23/h2-5,11-12,16,28H,6-10H2,1H3,(H,30,31)(H,32,35)(H,29,33,34). The number of aryl methyl sites for hydroxylation is 1. The van der Waals surface area contributed by atoms with Crippen LogP contribution < -0.4 is 21.3 Å². The molecule has 5 rings (SSSR count). The number of anilines is 4. The van der Waals surface area contributed by atoms with Gasteiger partial charge in [-0.15, -0.1) is 0 Å². The average Bonchev–Trinajstić information content (AvgIpc) is 2.95. The van der Waals surface area contributed by atoms with E-state index in [9.17, 15) is 13.2 Å². The Hall–Kier alpha value is -3.31. The second-order valence-corrected chi connectivity index (χ2v) is 9.17. The highest BCUT2D eigenvalue weighted by Crippen LogP contribution is 2.38. The number of aromatic nitrogens is 3. The van der Waals surface area contributed by atoms with Crippen molar-refractivity contribution in [3.63, 3.8) is 0 Å². The van der Waals surface area contributed by atoms with Crippen LogP contribution in [-0.4, -0.2) is 39.1 Å². The SMILES string of the molecule is Cc1nc(NC2CCNCC2)ccc1Nc1ncc2c(n1)-c1ccc(C(F)(F)F)cc1NC(=S)C2. The summed E-state index contributed by atoms with van der Waals surface area (Å²) in [5, 5.41) is 12.9. The van der Waals surface area contributed by atoms with Crippen LogP contribution >= 0.6 is 12.2 Å². The number of nitrogens with zero attached hydrogens (tertiary/aromatic N) is 3. The third-order valence-corrected chi connectivity index (χ3v) is 6.36. The summed E-state index contributed by atoms with van der Waals surface area (Å²) in [7, 11) is 0. The number of benzene rings is 1. The third-order valence-electron chi connectivity index (χ3n) is 6.12. The van der Waals surface area contributed by atoms with Gasteiger partial charge in [0.25, 0.3) is 0 Å². The Morgan fingerprint density at radius 2 is 1.89 bits per heavy atom. The number of alkyl halides is 3. The van der Waals surface area contributed by atoms with Gasteiger partial charge in [-0.05, 0) is 57.1 Å². The van der Waals surface area contributed by atoms with Crippen LogP contribution in [0.15, 0.2) is 36.5 Å². The van der Waals surface area contributed by atoms with Crippen LogP contribution in [0.2, 0.25) is 0 Å². The number of pyridine rings is 1. The number of hydrogen-bond donors (Lipinski definition) is 4. The van der Waals surface area contributed by atoms with E-state index in [-0.39, 0.29) is 5.69 Å². The van der Waals surface area contributed by atoms with Gasteiger partial charge in [-0.2, -0.15) is 13.2 Å². The van der Waals surface area contributed by atoms with Crippen molar-refractivity contribution in [3.05, 3.63) is 53.3 Å². The number of thiocarbonyl (C=S) groups is 1. The van der Waals surface area contributed by atoms with E-state index in [4.69, 9.17) is 12.2 Å². The Morgan fingerprint density at radius 1 is 1.09 bits per heavy atom. The van der Waals surface area contributed by atoms with Gasteiger partial charge in [-0.3, -0.25) is 0 Å². The summed E-state index contributed by atoms with van der Waals surface area (Å²) in [6.07, 6.45) is -0.368. The first-order chi connectivity index (χ1) is 16.8. The average molecular weight is 500 g/mol. The van der Waals surface area contributed by atoms with E-state index in [1.54, 1.807) is 6.20 Å². The normalized spacial score (nSPS) is 16.1. The maximum atomic E-state index is 13.2. The summed E-state index contributed by atoms with van der Waals surface area (Å²) in [5.41, 5.74) is 2.86. The van der Waals surface area contributed by atoms with E-state index >= 15 is 0 Å². The lowest BCUT2D eigenvalue weighted by molar-refractivity contribution is -0.137. The van der Waals surface area contributed by atoms with Crippen molar-refractivity contribution >= 4 is 40.3 Å². The third kappa shape index (κ3) is 5.20. The first kappa shape index (κ1) is 23.4. The molecule has 0 aliphatic carbocycles. The van der Waals surface area contributed by atoms with E-state index < -0.39 is 11.7 Å². The topological polar surface area (TPSA) is 86.8 Å². The maximum Gasteiger partial charge on any atom is 0.416 e. The van der Waals surface area contributed by atoms with Crippen molar-refractivity contribution < 1.29 is 13.2 Å². The van der Waals surface area contributed by atoms with Gasteiger partial charge >= 0.3 is 6.18 Å². The van der Waals surface area contributed by atoms with Crippen molar-refractivity contribution in [3.8, 4) is 11.3 Å². The summed E-state index contributed by atoms with van der Waals surface area (Å²) in [6, 6.07) is 7.76. The molecular weight excluding hydrogens is 475 g/mol. The van der Waals surface area contributed by atoms with Crippen molar-refractivity contribution in [2.45, 2.75) is 38.4 Å². The highest BCUT2D eigenvalue weighted by atomic mass is 32.1. The smallest absolute Gasteiger partial charge is 0.367 e. The molecule has 2 aromatic heterocycles. The molecule has 3 aromatic rings. The molecule has 1 aromatic carbocycles. The predicted molar refractivity (Wildman–Crippen MR) is 134 cm³/mol. The fraction of sp³-hybridized carbons (Fsp3) is 0.333. The van der Waals surface area contributed by atoms with Gasteiger partial charge < -0.3 is 21.3 Å². The molecule has 0 spiro atoms. The van der Waals surface area contributed by atoms with Crippen LogP contribution in [0.4, 0.5) is 36.3 Å². The second-order valence-electron chi connectivity index (χ2n) is 8.67. The molecule has 2 aliphatic rings. The van der Waals surface area contributed by atoms with Crippen LogP contribution in [0.5, 0.6) is 0 Å². The minimum absolute atomic E-state index is 0.277. The molecule has 4 N–H and O–H groups in total. The van der Waals surface area contributed by atoms with E-state index in [0.29, 0.717) is 34.7 Å². The summed E-state index contributed by atoms with van der Waals surface area (Å²) in [4.78, 5) is 14.1. The van der Waals surface area contributed by atoms with Crippen LogP contribution in [-0.2, 0) is 12.6 Å². The molecule has 1 saturated heterocycles. The van der Waals surface area contributed by atoms with Crippen LogP contribution in [0.3, 0.4) is 0 Å². The molecule has 182 valence electrons. The molecule has 2 aliphatic heterocycles. The van der Waals surface area contributed by atoms with E-state index in [2.05, 4.69) is 36.2 Å². The van der Waals surface area contributed by atoms with Gasteiger partial charge in [0, 0.05) is 35.5 Å². The molecule has 35 heavy (non-hydrogen) atoms. The highest BCUT2D eigenvalue weighted by Gasteiger charge is 2.32. The van der Waals surface area contributed by atoms with Gasteiger partial charge in [0.1, 0.15) is 5.82 Å². The van der Waals surface area contributed by atoms with Crippen LogP contribution in [0.1, 0.15) is 29.7 Å².